The monoisotopic (exact) mass is 252 g/mol. The molecule has 0 radical (unpaired) electrons. The van der Waals surface area contributed by atoms with Crippen LogP contribution in [-0.2, 0) is 6.61 Å². The zero-order chi connectivity index (χ0) is 13.9. The molecule has 0 aromatic heterocycles. The molecule has 5 heteroatoms. The Morgan fingerprint density at radius 2 is 2.00 bits per heavy atom. The molecule has 5 nitrogen and oxygen atoms in total. The Bertz CT molecular complexity index is 449. The summed E-state index contributed by atoms with van der Waals surface area (Å²) in [5.41, 5.74) is 0.0151. The predicted octanol–water partition coefficient (Wildman–Crippen LogP) is 1.60. The van der Waals surface area contributed by atoms with E-state index in [0.29, 0.717) is 5.56 Å². The van der Waals surface area contributed by atoms with Gasteiger partial charge in [0.15, 0.2) is 0 Å². The highest BCUT2D eigenvalue weighted by molar-refractivity contribution is 5.60. The Morgan fingerprint density at radius 3 is 2.50 bits per heavy atom. The SMILES string of the molecule is CC(C)(C)N(O)/C=C(\O)c1ccc([O-])c(CO)c1. The summed E-state index contributed by atoms with van der Waals surface area (Å²) in [6.07, 6.45) is 1.17. The fourth-order valence-corrected chi connectivity index (χ4v) is 1.25. The summed E-state index contributed by atoms with van der Waals surface area (Å²) in [7, 11) is 0. The molecule has 1 aromatic rings. The molecule has 0 spiro atoms. The number of aliphatic hydroxyl groups is 2. The van der Waals surface area contributed by atoms with Gasteiger partial charge in [0.2, 0.25) is 0 Å². The van der Waals surface area contributed by atoms with Crippen LogP contribution in [0.25, 0.3) is 5.76 Å². The summed E-state index contributed by atoms with van der Waals surface area (Å²) in [5.74, 6) is -0.465. The van der Waals surface area contributed by atoms with Gasteiger partial charge in [-0.25, -0.2) is 0 Å². The zero-order valence-corrected chi connectivity index (χ0v) is 10.7. The van der Waals surface area contributed by atoms with Gasteiger partial charge in [0.25, 0.3) is 0 Å². The highest BCUT2D eigenvalue weighted by atomic mass is 16.5. The van der Waals surface area contributed by atoms with Gasteiger partial charge in [0, 0.05) is 5.56 Å². The first-order valence-corrected chi connectivity index (χ1v) is 5.56. The van der Waals surface area contributed by atoms with E-state index in [0.717, 1.165) is 5.06 Å². The number of hydroxylamine groups is 2. The molecule has 0 atom stereocenters. The third-order valence-electron chi connectivity index (χ3n) is 2.46. The first kappa shape index (κ1) is 14.3. The lowest BCUT2D eigenvalue weighted by Crippen LogP contribution is -2.34. The minimum absolute atomic E-state index is 0.179. The van der Waals surface area contributed by atoms with E-state index >= 15 is 0 Å². The lowest BCUT2D eigenvalue weighted by molar-refractivity contribution is -0.270. The molecule has 0 aliphatic rings. The first-order chi connectivity index (χ1) is 8.25. The van der Waals surface area contributed by atoms with Crippen molar-refractivity contribution in [3.63, 3.8) is 0 Å². The molecular formula is C13H18NO4-. The van der Waals surface area contributed by atoms with Crippen molar-refractivity contribution in [1.82, 2.24) is 5.06 Å². The van der Waals surface area contributed by atoms with Crippen LogP contribution in [0.2, 0.25) is 0 Å². The lowest BCUT2D eigenvalue weighted by atomic mass is 10.1. The molecule has 0 unspecified atom stereocenters. The van der Waals surface area contributed by atoms with Gasteiger partial charge in [-0.2, -0.15) is 0 Å². The van der Waals surface area contributed by atoms with Gasteiger partial charge in [-0.3, -0.25) is 10.3 Å². The number of hydrogen-bond acceptors (Lipinski definition) is 5. The van der Waals surface area contributed by atoms with Crippen molar-refractivity contribution in [2.24, 2.45) is 0 Å². The highest BCUT2D eigenvalue weighted by Gasteiger charge is 2.17. The summed E-state index contributed by atoms with van der Waals surface area (Å²) in [6, 6.07) is 4.10. The van der Waals surface area contributed by atoms with Crippen LogP contribution in [0.5, 0.6) is 5.75 Å². The average Bonchev–Trinajstić information content (AvgIpc) is 2.28. The van der Waals surface area contributed by atoms with Crippen molar-refractivity contribution < 1.29 is 20.5 Å². The summed E-state index contributed by atoms with van der Waals surface area (Å²) in [5, 5.41) is 40.7. The van der Waals surface area contributed by atoms with Crippen LogP contribution in [0.3, 0.4) is 0 Å². The minimum atomic E-state index is -0.549. The predicted molar refractivity (Wildman–Crippen MR) is 65.8 cm³/mol. The van der Waals surface area contributed by atoms with E-state index in [1.54, 1.807) is 20.8 Å². The number of nitrogens with zero attached hydrogens (tertiary/aromatic N) is 1. The molecule has 0 saturated heterocycles. The number of benzene rings is 1. The van der Waals surface area contributed by atoms with Crippen molar-refractivity contribution in [3.05, 3.63) is 35.5 Å². The van der Waals surface area contributed by atoms with E-state index in [-0.39, 0.29) is 23.7 Å². The van der Waals surface area contributed by atoms with E-state index in [2.05, 4.69) is 0 Å². The van der Waals surface area contributed by atoms with Gasteiger partial charge in [0.05, 0.1) is 18.3 Å². The van der Waals surface area contributed by atoms with Gasteiger partial charge in [-0.15, -0.1) is 5.75 Å². The Balaban J connectivity index is 3.04. The Kier molecular flexibility index (Phi) is 4.21. The molecular weight excluding hydrogens is 234 g/mol. The highest BCUT2D eigenvalue weighted by Crippen LogP contribution is 2.21. The maximum atomic E-state index is 11.3. The van der Waals surface area contributed by atoms with Crippen LogP contribution in [0, 0.1) is 0 Å². The summed E-state index contributed by atoms with van der Waals surface area (Å²) < 4.78 is 0. The second kappa shape index (κ2) is 5.29. The van der Waals surface area contributed by atoms with E-state index < -0.39 is 5.54 Å². The summed E-state index contributed by atoms with van der Waals surface area (Å²) >= 11 is 0. The van der Waals surface area contributed by atoms with E-state index in [9.17, 15) is 15.4 Å². The molecule has 0 aliphatic carbocycles. The second-order valence-corrected chi connectivity index (χ2v) is 5.01. The molecule has 1 rings (SSSR count). The van der Waals surface area contributed by atoms with Gasteiger partial charge >= 0.3 is 0 Å². The fourth-order valence-electron chi connectivity index (χ4n) is 1.25. The molecule has 0 fully saturated rings. The minimum Gasteiger partial charge on any atom is -0.872 e. The quantitative estimate of drug-likeness (QED) is 0.562. The maximum absolute atomic E-state index is 11.3. The van der Waals surface area contributed by atoms with Crippen molar-refractivity contribution in [3.8, 4) is 5.75 Å². The normalized spacial score (nSPS) is 12.6. The topological polar surface area (TPSA) is 87.0 Å². The van der Waals surface area contributed by atoms with Crippen LogP contribution in [0.1, 0.15) is 31.9 Å². The molecule has 18 heavy (non-hydrogen) atoms. The third kappa shape index (κ3) is 3.38. The van der Waals surface area contributed by atoms with Crippen LogP contribution < -0.4 is 5.11 Å². The van der Waals surface area contributed by atoms with Crippen molar-refractivity contribution in [2.45, 2.75) is 32.9 Å². The Labute approximate surface area is 106 Å². The van der Waals surface area contributed by atoms with Crippen LogP contribution in [0.4, 0.5) is 0 Å². The van der Waals surface area contributed by atoms with Gasteiger partial charge in [0.1, 0.15) is 5.76 Å². The fraction of sp³-hybridized carbons (Fsp3) is 0.385. The van der Waals surface area contributed by atoms with E-state index in [4.69, 9.17) is 5.11 Å². The zero-order valence-electron chi connectivity index (χ0n) is 10.7. The Morgan fingerprint density at radius 1 is 1.39 bits per heavy atom. The second-order valence-electron chi connectivity index (χ2n) is 5.01. The van der Waals surface area contributed by atoms with Gasteiger partial charge < -0.3 is 15.3 Å². The Hall–Kier alpha value is -1.72. The van der Waals surface area contributed by atoms with Gasteiger partial charge in [-0.1, -0.05) is 12.1 Å². The molecule has 0 heterocycles. The molecule has 3 N–H and O–H groups in total. The standard InChI is InChI=1S/C13H19NO4/c1-13(2,3)14(18)7-12(17)9-4-5-11(16)10(6-9)8-15/h4-7,15-18H,8H2,1-3H3/p-1/b12-7-. The smallest absolute Gasteiger partial charge is 0.141 e. The molecule has 0 amide bonds. The summed E-state index contributed by atoms with van der Waals surface area (Å²) in [6.45, 7) is 4.94. The lowest BCUT2D eigenvalue weighted by Gasteiger charge is -2.28. The van der Waals surface area contributed by atoms with E-state index in [1.165, 1.54) is 24.4 Å². The van der Waals surface area contributed by atoms with E-state index in [1.807, 2.05) is 0 Å². The van der Waals surface area contributed by atoms with Crippen molar-refractivity contribution in [1.29, 1.82) is 0 Å². The number of aliphatic hydroxyl groups excluding tert-OH is 2. The van der Waals surface area contributed by atoms with Crippen molar-refractivity contribution in [2.75, 3.05) is 0 Å². The molecule has 1 aromatic carbocycles. The third-order valence-corrected chi connectivity index (χ3v) is 2.46. The van der Waals surface area contributed by atoms with Crippen LogP contribution in [0.15, 0.2) is 24.4 Å². The maximum Gasteiger partial charge on any atom is 0.141 e. The number of hydrogen-bond donors (Lipinski definition) is 3. The molecule has 100 valence electrons. The van der Waals surface area contributed by atoms with Crippen LogP contribution >= 0.6 is 0 Å². The van der Waals surface area contributed by atoms with Crippen LogP contribution in [-0.4, -0.2) is 26.0 Å². The van der Waals surface area contributed by atoms with Gasteiger partial charge in [-0.05, 0) is 32.4 Å². The summed E-state index contributed by atoms with van der Waals surface area (Å²) in [4.78, 5) is 0. The molecule has 0 saturated carbocycles. The molecule has 0 bridgehead atoms. The first-order valence-electron chi connectivity index (χ1n) is 5.56. The number of rotatable bonds is 3. The molecule has 0 aliphatic heterocycles. The van der Waals surface area contributed by atoms with Crippen molar-refractivity contribution >= 4 is 5.76 Å². The average molecular weight is 252 g/mol. The largest absolute Gasteiger partial charge is 0.872 e.